The maximum absolute atomic E-state index is 13.6. The molecule has 0 radical (unpaired) electrons. The molecule has 1 saturated heterocycles. The Labute approximate surface area is 201 Å². The van der Waals surface area contributed by atoms with Crippen molar-refractivity contribution in [3.8, 4) is 5.69 Å². The first-order valence-corrected chi connectivity index (χ1v) is 12.4. The van der Waals surface area contributed by atoms with Crippen LogP contribution in [0.2, 0.25) is 0 Å². The summed E-state index contributed by atoms with van der Waals surface area (Å²) in [7, 11) is 0. The summed E-state index contributed by atoms with van der Waals surface area (Å²) in [6.07, 6.45) is 4.14. The van der Waals surface area contributed by atoms with Crippen molar-refractivity contribution in [3.05, 3.63) is 41.6 Å². The Hall–Kier alpha value is -3.03. The second-order valence-electron chi connectivity index (χ2n) is 9.54. The summed E-state index contributed by atoms with van der Waals surface area (Å²) in [6, 6.07) is 6.33. The molecular weight excluding hydrogens is 431 g/mol. The summed E-state index contributed by atoms with van der Waals surface area (Å²) in [5, 5.41) is 5.70. The van der Waals surface area contributed by atoms with Gasteiger partial charge in [0.2, 0.25) is 5.91 Å². The number of aromatic nitrogens is 4. The number of anilines is 1. The molecule has 0 saturated carbocycles. The zero-order valence-corrected chi connectivity index (χ0v) is 20.7. The average molecular weight is 467 g/mol. The van der Waals surface area contributed by atoms with Crippen LogP contribution in [0.3, 0.4) is 0 Å². The van der Waals surface area contributed by atoms with Crippen molar-refractivity contribution >= 4 is 22.8 Å². The van der Waals surface area contributed by atoms with E-state index in [9.17, 15) is 9.18 Å². The summed E-state index contributed by atoms with van der Waals surface area (Å²) < 4.78 is 15.3. The second-order valence-corrected chi connectivity index (χ2v) is 9.54. The van der Waals surface area contributed by atoms with Crippen molar-refractivity contribution in [1.82, 2.24) is 24.6 Å². The predicted molar refractivity (Wildman–Crippen MR) is 133 cm³/mol. The van der Waals surface area contributed by atoms with Gasteiger partial charge in [0.25, 0.3) is 0 Å². The molecule has 34 heavy (non-hydrogen) atoms. The van der Waals surface area contributed by atoms with Gasteiger partial charge in [-0.1, -0.05) is 20.8 Å². The number of hydrogen-bond acceptors (Lipinski definition) is 5. The molecular formula is C26H35FN6O. The van der Waals surface area contributed by atoms with Crippen molar-refractivity contribution in [2.75, 3.05) is 31.1 Å². The van der Waals surface area contributed by atoms with Gasteiger partial charge in [0.05, 0.1) is 16.8 Å². The van der Waals surface area contributed by atoms with Gasteiger partial charge >= 0.3 is 0 Å². The fraction of sp³-hybridized carbons (Fsp3) is 0.538. The normalized spacial score (nSPS) is 14.8. The molecule has 2 aromatic heterocycles. The van der Waals surface area contributed by atoms with E-state index in [0.29, 0.717) is 18.9 Å². The van der Waals surface area contributed by atoms with Crippen LogP contribution in [0.15, 0.2) is 24.3 Å². The lowest BCUT2D eigenvalue weighted by Gasteiger charge is -2.24. The van der Waals surface area contributed by atoms with Gasteiger partial charge in [-0.05, 0) is 56.4 Å². The van der Waals surface area contributed by atoms with Crippen LogP contribution in [0.5, 0.6) is 0 Å². The minimum absolute atomic E-state index is 0.232. The van der Waals surface area contributed by atoms with Crippen LogP contribution in [0.25, 0.3) is 16.7 Å². The fourth-order valence-electron chi connectivity index (χ4n) is 4.48. The molecule has 3 aromatic rings. The number of amides is 1. The first-order chi connectivity index (χ1) is 16.4. The highest BCUT2D eigenvalue weighted by Crippen LogP contribution is 2.30. The minimum atomic E-state index is -0.281. The number of benzene rings is 1. The third-order valence-electron chi connectivity index (χ3n) is 6.36. The van der Waals surface area contributed by atoms with Crippen molar-refractivity contribution in [3.63, 3.8) is 0 Å². The summed E-state index contributed by atoms with van der Waals surface area (Å²) in [4.78, 5) is 26.7. The van der Waals surface area contributed by atoms with Gasteiger partial charge in [-0.25, -0.2) is 19.0 Å². The summed E-state index contributed by atoms with van der Waals surface area (Å²) in [5.74, 6) is 2.18. The maximum Gasteiger partial charge on any atom is 0.222 e. The fourth-order valence-corrected chi connectivity index (χ4v) is 4.48. The predicted octanol–water partition coefficient (Wildman–Crippen LogP) is 4.69. The van der Waals surface area contributed by atoms with Gasteiger partial charge in [0.1, 0.15) is 17.5 Å². The Kier molecular flexibility index (Phi) is 7.44. The first kappa shape index (κ1) is 24.1. The average Bonchev–Trinajstić information content (AvgIpc) is 2.98. The zero-order valence-electron chi connectivity index (χ0n) is 20.7. The van der Waals surface area contributed by atoms with Gasteiger partial charge in [-0.15, -0.1) is 0 Å². The topological polar surface area (TPSA) is 67.2 Å². The quantitative estimate of drug-likeness (QED) is 0.505. The summed E-state index contributed by atoms with van der Waals surface area (Å²) in [5.41, 5.74) is 2.36. The number of hydrogen-bond donors (Lipinski definition) is 0. The Morgan fingerprint density at radius 3 is 2.56 bits per heavy atom. The van der Waals surface area contributed by atoms with Crippen LogP contribution in [0.1, 0.15) is 58.0 Å². The van der Waals surface area contributed by atoms with Crippen LogP contribution in [0, 0.1) is 18.7 Å². The Morgan fingerprint density at radius 2 is 1.85 bits per heavy atom. The molecule has 0 atom stereocenters. The molecule has 182 valence electrons. The molecule has 1 fully saturated rings. The Balaban J connectivity index is 1.75. The largest absolute Gasteiger partial charge is 0.354 e. The SMILES string of the molecule is CCCC(=O)N1CCCN(c2nc(CCC(C)C)nc3c2c(C)nn3-c2ccc(F)cc2)CC1. The molecule has 7 nitrogen and oxygen atoms in total. The van der Waals surface area contributed by atoms with Gasteiger partial charge in [-0.2, -0.15) is 5.10 Å². The standard InChI is InChI=1S/C26H35FN6O/c1-5-7-23(34)31-14-6-15-32(17-16-31)25-24-19(4)30-33(21-11-9-20(27)10-12-21)26(24)29-22(28-25)13-8-18(2)3/h9-12,18H,5-8,13-17H2,1-4H3. The highest BCUT2D eigenvalue weighted by molar-refractivity contribution is 5.91. The molecule has 1 aromatic carbocycles. The summed E-state index contributed by atoms with van der Waals surface area (Å²) in [6.45, 7) is 11.4. The van der Waals surface area contributed by atoms with Crippen LogP contribution >= 0.6 is 0 Å². The lowest BCUT2D eigenvalue weighted by atomic mass is 10.1. The van der Waals surface area contributed by atoms with E-state index in [1.54, 1.807) is 16.8 Å². The number of halogens is 1. The van der Waals surface area contributed by atoms with E-state index < -0.39 is 0 Å². The van der Waals surface area contributed by atoms with Crippen LogP contribution < -0.4 is 4.90 Å². The van der Waals surface area contributed by atoms with Crippen molar-refractivity contribution < 1.29 is 9.18 Å². The van der Waals surface area contributed by atoms with Gasteiger partial charge in [-0.3, -0.25) is 4.79 Å². The lowest BCUT2D eigenvalue weighted by Crippen LogP contribution is -2.35. The summed E-state index contributed by atoms with van der Waals surface area (Å²) >= 11 is 0. The highest BCUT2D eigenvalue weighted by atomic mass is 19.1. The van der Waals surface area contributed by atoms with E-state index in [0.717, 1.165) is 79.4 Å². The van der Waals surface area contributed by atoms with Crippen molar-refractivity contribution in [2.45, 2.75) is 59.8 Å². The molecule has 1 aliphatic heterocycles. The number of aryl methyl sites for hydroxylation is 2. The zero-order chi connectivity index (χ0) is 24.2. The number of fused-ring (bicyclic) bond motifs is 1. The van der Waals surface area contributed by atoms with Gasteiger partial charge in [0, 0.05) is 39.0 Å². The lowest BCUT2D eigenvalue weighted by molar-refractivity contribution is -0.131. The molecule has 0 aliphatic carbocycles. The molecule has 0 unspecified atom stereocenters. The molecule has 0 spiro atoms. The van der Waals surface area contributed by atoms with E-state index in [-0.39, 0.29) is 11.7 Å². The Bertz CT molecular complexity index is 1140. The molecule has 3 heterocycles. The van der Waals surface area contributed by atoms with Crippen LogP contribution in [-0.2, 0) is 11.2 Å². The third-order valence-corrected chi connectivity index (χ3v) is 6.36. The van der Waals surface area contributed by atoms with E-state index in [2.05, 4.69) is 18.7 Å². The van der Waals surface area contributed by atoms with Crippen molar-refractivity contribution in [2.24, 2.45) is 5.92 Å². The van der Waals surface area contributed by atoms with E-state index in [1.165, 1.54) is 12.1 Å². The molecule has 1 amide bonds. The Morgan fingerprint density at radius 1 is 1.09 bits per heavy atom. The molecule has 8 heteroatoms. The number of carbonyl (C=O) groups is 1. The van der Waals surface area contributed by atoms with Gasteiger partial charge < -0.3 is 9.80 Å². The second kappa shape index (κ2) is 10.5. The number of nitrogens with zero attached hydrogens (tertiary/aromatic N) is 6. The minimum Gasteiger partial charge on any atom is -0.354 e. The molecule has 1 aliphatic rings. The number of carbonyl (C=O) groups excluding carboxylic acids is 1. The molecule has 0 bridgehead atoms. The van der Waals surface area contributed by atoms with Crippen LogP contribution in [0.4, 0.5) is 10.2 Å². The monoisotopic (exact) mass is 466 g/mol. The third kappa shape index (κ3) is 5.21. The van der Waals surface area contributed by atoms with Gasteiger partial charge in [0.15, 0.2) is 5.65 Å². The van der Waals surface area contributed by atoms with E-state index >= 15 is 0 Å². The molecule has 4 rings (SSSR count). The smallest absolute Gasteiger partial charge is 0.222 e. The number of rotatable bonds is 7. The molecule has 0 N–H and O–H groups in total. The van der Waals surface area contributed by atoms with Crippen molar-refractivity contribution in [1.29, 1.82) is 0 Å². The van der Waals surface area contributed by atoms with E-state index in [1.807, 2.05) is 18.7 Å². The first-order valence-electron chi connectivity index (χ1n) is 12.4. The van der Waals surface area contributed by atoms with Crippen LogP contribution in [-0.4, -0.2) is 56.7 Å². The maximum atomic E-state index is 13.6. The highest BCUT2D eigenvalue weighted by Gasteiger charge is 2.25. The van der Waals surface area contributed by atoms with E-state index in [4.69, 9.17) is 15.1 Å².